The van der Waals surface area contributed by atoms with E-state index in [2.05, 4.69) is 61.7 Å². The van der Waals surface area contributed by atoms with Crippen LogP contribution < -0.4 is 0 Å². The molecule has 2 aromatic heterocycles. The van der Waals surface area contributed by atoms with Gasteiger partial charge in [0, 0.05) is 31.7 Å². The molecular weight excluding hydrogens is 324 g/mol. The first-order valence-electron chi connectivity index (χ1n) is 9.94. The van der Waals surface area contributed by atoms with E-state index in [9.17, 15) is 0 Å². The van der Waals surface area contributed by atoms with Crippen molar-refractivity contribution < 1.29 is 0 Å². The summed E-state index contributed by atoms with van der Waals surface area (Å²) < 4.78 is 2.25. The van der Waals surface area contributed by atoms with Gasteiger partial charge in [0.25, 0.3) is 0 Å². The van der Waals surface area contributed by atoms with E-state index >= 15 is 0 Å². The Kier molecular flexibility index (Phi) is 5.31. The third-order valence-corrected chi connectivity index (χ3v) is 5.76. The lowest BCUT2D eigenvalue weighted by Crippen LogP contribution is -2.35. The molecule has 0 N–H and O–H groups in total. The average Bonchev–Trinajstić information content (AvgIpc) is 3.26. The third kappa shape index (κ3) is 3.96. The molecule has 1 atom stereocenters. The number of rotatable bonds is 5. The van der Waals surface area contributed by atoms with Gasteiger partial charge in [-0.05, 0) is 64.4 Å². The molecule has 4 rings (SSSR count). The SMILES string of the molecule is Cc1cccc(CN2CCCC(c3nnc(CN4CCCC4)n3C)C2)n1. The fourth-order valence-electron chi connectivity index (χ4n) is 4.34. The van der Waals surface area contributed by atoms with Gasteiger partial charge in [-0.3, -0.25) is 14.8 Å². The predicted molar refractivity (Wildman–Crippen MR) is 102 cm³/mol. The largest absolute Gasteiger partial charge is 0.317 e. The van der Waals surface area contributed by atoms with Crippen molar-refractivity contribution in [1.29, 1.82) is 0 Å². The van der Waals surface area contributed by atoms with Crippen molar-refractivity contribution in [2.24, 2.45) is 7.05 Å². The summed E-state index contributed by atoms with van der Waals surface area (Å²) in [6.07, 6.45) is 5.04. The zero-order chi connectivity index (χ0) is 17.9. The maximum atomic E-state index is 4.66. The number of hydrogen-bond donors (Lipinski definition) is 0. The van der Waals surface area contributed by atoms with Gasteiger partial charge in [0.2, 0.25) is 0 Å². The van der Waals surface area contributed by atoms with Crippen molar-refractivity contribution in [2.45, 2.75) is 51.6 Å². The predicted octanol–water partition coefficient (Wildman–Crippen LogP) is 2.49. The van der Waals surface area contributed by atoms with E-state index < -0.39 is 0 Å². The number of nitrogens with zero attached hydrogens (tertiary/aromatic N) is 6. The minimum absolute atomic E-state index is 0.471. The van der Waals surface area contributed by atoms with E-state index in [4.69, 9.17) is 0 Å². The second kappa shape index (κ2) is 7.84. The molecule has 0 saturated carbocycles. The fraction of sp³-hybridized carbons (Fsp3) is 0.650. The Morgan fingerprint density at radius 2 is 1.81 bits per heavy atom. The van der Waals surface area contributed by atoms with Crippen LogP contribution in [0.25, 0.3) is 0 Å². The molecule has 2 aromatic rings. The van der Waals surface area contributed by atoms with Gasteiger partial charge < -0.3 is 4.57 Å². The Bertz CT molecular complexity index is 734. The molecule has 2 aliphatic heterocycles. The highest BCUT2D eigenvalue weighted by Gasteiger charge is 2.26. The Hall–Kier alpha value is -1.79. The standard InChI is InChI=1S/C20H30N6/c1-16-7-5-9-18(21-16)14-26-12-6-8-17(13-26)20-23-22-19(24(20)2)15-25-10-3-4-11-25/h5,7,9,17H,3-4,6,8,10-15H2,1-2H3. The van der Waals surface area contributed by atoms with Gasteiger partial charge in [0.05, 0.1) is 12.2 Å². The van der Waals surface area contributed by atoms with E-state index in [1.165, 1.54) is 44.5 Å². The minimum Gasteiger partial charge on any atom is -0.317 e. The number of hydrogen-bond acceptors (Lipinski definition) is 5. The molecule has 2 saturated heterocycles. The van der Waals surface area contributed by atoms with Gasteiger partial charge in [-0.1, -0.05) is 6.07 Å². The van der Waals surface area contributed by atoms with E-state index in [-0.39, 0.29) is 0 Å². The van der Waals surface area contributed by atoms with Crippen molar-refractivity contribution in [3.63, 3.8) is 0 Å². The molecule has 0 bridgehead atoms. The van der Waals surface area contributed by atoms with Crippen LogP contribution in [-0.2, 0) is 20.1 Å². The highest BCUT2D eigenvalue weighted by atomic mass is 15.3. The number of pyridine rings is 1. The summed E-state index contributed by atoms with van der Waals surface area (Å²) >= 11 is 0. The highest BCUT2D eigenvalue weighted by molar-refractivity contribution is 5.10. The maximum Gasteiger partial charge on any atom is 0.146 e. The number of aryl methyl sites for hydroxylation is 1. The first-order valence-corrected chi connectivity index (χ1v) is 9.94. The summed E-state index contributed by atoms with van der Waals surface area (Å²) in [5, 5.41) is 9.10. The Balaban J connectivity index is 1.41. The van der Waals surface area contributed by atoms with Crippen LogP contribution in [0.3, 0.4) is 0 Å². The molecule has 0 aliphatic carbocycles. The topological polar surface area (TPSA) is 50.1 Å². The van der Waals surface area contributed by atoms with Crippen LogP contribution in [0.15, 0.2) is 18.2 Å². The van der Waals surface area contributed by atoms with Gasteiger partial charge in [-0.2, -0.15) is 0 Å². The molecule has 6 heteroatoms. The van der Waals surface area contributed by atoms with Crippen molar-refractivity contribution in [2.75, 3.05) is 26.2 Å². The molecule has 6 nitrogen and oxygen atoms in total. The van der Waals surface area contributed by atoms with Gasteiger partial charge >= 0.3 is 0 Å². The van der Waals surface area contributed by atoms with Crippen molar-refractivity contribution in [3.05, 3.63) is 41.2 Å². The quantitative estimate of drug-likeness (QED) is 0.826. The summed E-state index contributed by atoms with van der Waals surface area (Å²) in [6, 6.07) is 6.30. The summed E-state index contributed by atoms with van der Waals surface area (Å²) in [5.41, 5.74) is 2.26. The molecule has 0 radical (unpaired) electrons. The zero-order valence-corrected chi connectivity index (χ0v) is 16.1. The molecule has 0 spiro atoms. The number of aromatic nitrogens is 4. The van der Waals surface area contributed by atoms with Crippen LogP contribution in [0.4, 0.5) is 0 Å². The second-order valence-electron chi connectivity index (χ2n) is 7.86. The van der Waals surface area contributed by atoms with Crippen molar-refractivity contribution >= 4 is 0 Å². The molecular formula is C20H30N6. The molecule has 140 valence electrons. The molecule has 4 heterocycles. The van der Waals surface area contributed by atoms with E-state index in [1.807, 2.05) is 0 Å². The Morgan fingerprint density at radius 3 is 2.62 bits per heavy atom. The van der Waals surface area contributed by atoms with Gasteiger partial charge in [-0.15, -0.1) is 10.2 Å². The number of likely N-dealkylation sites (tertiary alicyclic amines) is 2. The Labute approximate surface area is 156 Å². The highest BCUT2D eigenvalue weighted by Crippen LogP contribution is 2.27. The molecule has 26 heavy (non-hydrogen) atoms. The van der Waals surface area contributed by atoms with E-state index in [0.717, 1.165) is 43.5 Å². The van der Waals surface area contributed by atoms with Gasteiger partial charge in [-0.25, -0.2) is 0 Å². The van der Waals surface area contributed by atoms with Crippen molar-refractivity contribution in [1.82, 2.24) is 29.5 Å². The maximum absolute atomic E-state index is 4.66. The summed E-state index contributed by atoms with van der Waals surface area (Å²) in [4.78, 5) is 9.67. The average molecular weight is 355 g/mol. The Morgan fingerprint density at radius 1 is 1.00 bits per heavy atom. The van der Waals surface area contributed by atoms with E-state index in [0.29, 0.717) is 5.92 Å². The zero-order valence-electron chi connectivity index (χ0n) is 16.1. The van der Waals surface area contributed by atoms with Crippen LogP contribution in [0.5, 0.6) is 0 Å². The minimum atomic E-state index is 0.471. The second-order valence-corrected chi connectivity index (χ2v) is 7.86. The molecule has 1 unspecified atom stereocenters. The van der Waals surface area contributed by atoms with Crippen LogP contribution in [0.2, 0.25) is 0 Å². The van der Waals surface area contributed by atoms with Crippen LogP contribution in [0, 0.1) is 6.92 Å². The molecule has 2 aliphatic rings. The lowest BCUT2D eigenvalue weighted by Gasteiger charge is -2.32. The van der Waals surface area contributed by atoms with Crippen LogP contribution in [-0.4, -0.2) is 55.7 Å². The molecule has 2 fully saturated rings. The lowest BCUT2D eigenvalue weighted by atomic mass is 9.97. The summed E-state index contributed by atoms with van der Waals surface area (Å²) in [7, 11) is 2.14. The van der Waals surface area contributed by atoms with Crippen LogP contribution >= 0.6 is 0 Å². The lowest BCUT2D eigenvalue weighted by molar-refractivity contribution is 0.192. The fourth-order valence-corrected chi connectivity index (χ4v) is 4.34. The van der Waals surface area contributed by atoms with Crippen LogP contribution in [0.1, 0.15) is 54.6 Å². The molecule has 0 amide bonds. The smallest absolute Gasteiger partial charge is 0.146 e. The first kappa shape index (κ1) is 17.6. The van der Waals surface area contributed by atoms with Crippen molar-refractivity contribution in [3.8, 4) is 0 Å². The van der Waals surface area contributed by atoms with E-state index in [1.54, 1.807) is 0 Å². The first-order chi connectivity index (χ1) is 12.7. The third-order valence-electron chi connectivity index (χ3n) is 5.76. The van der Waals surface area contributed by atoms with Gasteiger partial charge in [0.1, 0.15) is 11.6 Å². The van der Waals surface area contributed by atoms with Gasteiger partial charge in [0.15, 0.2) is 0 Å². The summed E-state index contributed by atoms with van der Waals surface area (Å²) in [5.74, 6) is 2.74. The molecule has 0 aromatic carbocycles. The summed E-state index contributed by atoms with van der Waals surface area (Å²) in [6.45, 7) is 8.51. The monoisotopic (exact) mass is 354 g/mol. The normalized spacial score (nSPS) is 22.2. The number of piperidine rings is 1.